The molecule has 25 heavy (non-hydrogen) atoms. The van der Waals surface area contributed by atoms with Gasteiger partial charge in [-0.2, -0.15) is 0 Å². The molecule has 0 fully saturated rings. The molecule has 1 N–H and O–H groups in total. The van der Waals surface area contributed by atoms with Crippen molar-refractivity contribution in [1.29, 1.82) is 0 Å². The Labute approximate surface area is 154 Å². The summed E-state index contributed by atoms with van der Waals surface area (Å²) in [5.41, 5.74) is 0.430. The number of carboxylic acid groups (broad SMARTS) is 1. The topological polar surface area (TPSA) is 72.8 Å². The summed E-state index contributed by atoms with van der Waals surface area (Å²) in [6.07, 6.45) is 3.07. The van der Waals surface area contributed by atoms with Crippen LogP contribution in [0.4, 0.5) is 0 Å². The largest absolute Gasteiger partial charge is 0.493 e. The summed E-state index contributed by atoms with van der Waals surface area (Å²) >= 11 is 3.22. The van der Waals surface area contributed by atoms with Gasteiger partial charge in [-0.15, -0.1) is 0 Å². The number of halogens is 1. The molecular formula is C19H19BrO5. The van der Waals surface area contributed by atoms with Gasteiger partial charge in [0, 0.05) is 0 Å². The molecule has 0 saturated carbocycles. The van der Waals surface area contributed by atoms with Gasteiger partial charge in [0.05, 0.1) is 16.6 Å². The van der Waals surface area contributed by atoms with Gasteiger partial charge < -0.3 is 14.6 Å². The summed E-state index contributed by atoms with van der Waals surface area (Å²) in [6, 6.07) is 11.1. The highest BCUT2D eigenvalue weighted by atomic mass is 79.9. The van der Waals surface area contributed by atoms with Crippen molar-refractivity contribution in [3.05, 3.63) is 58.1 Å². The van der Waals surface area contributed by atoms with E-state index in [9.17, 15) is 9.59 Å². The maximum Gasteiger partial charge on any atom is 0.347 e. The second-order valence-electron chi connectivity index (χ2n) is 5.39. The lowest BCUT2D eigenvalue weighted by atomic mass is 10.2. The van der Waals surface area contributed by atoms with Crippen LogP contribution in [0.3, 0.4) is 0 Å². The van der Waals surface area contributed by atoms with E-state index in [1.165, 1.54) is 18.2 Å². The van der Waals surface area contributed by atoms with Crippen LogP contribution in [0.1, 0.15) is 46.9 Å². The van der Waals surface area contributed by atoms with Crippen LogP contribution in [-0.2, 0) is 0 Å². The van der Waals surface area contributed by atoms with Crippen LogP contribution in [0.5, 0.6) is 11.5 Å². The minimum atomic E-state index is -1.05. The normalized spacial score (nSPS) is 10.3. The van der Waals surface area contributed by atoms with E-state index in [4.69, 9.17) is 14.6 Å². The van der Waals surface area contributed by atoms with Crippen LogP contribution < -0.4 is 9.47 Å². The standard InChI is InChI=1S/C19H19BrO5/c1-2-3-6-11-24-16-8-5-4-7-14(16)19(23)25-17-10-9-13(18(21)22)12-15(17)20/h4-5,7-10,12H,2-3,6,11H2,1H3,(H,21,22). The molecule has 0 heterocycles. The van der Waals surface area contributed by atoms with Crippen molar-refractivity contribution >= 4 is 27.9 Å². The number of esters is 1. The van der Waals surface area contributed by atoms with Gasteiger partial charge in [-0.05, 0) is 52.7 Å². The Bertz CT molecular complexity index is 757. The van der Waals surface area contributed by atoms with E-state index in [1.807, 2.05) is 0 Å². The summed E-state index contributed by atoms with van der Waals surface area (Å²) in [6.45, 7) is 2.65. The molecule has 0 aliphatic heterocycles. The molecule has 0 atom stereocenters. The Morgan fingerprint density at radius 2 is 1.84 bits per heavy atom. The zero-order valence-electron chi connectivity index (χ0n) is 13.8. The lowest BCUT2D eigenvalue weighted by Crippen LogP contribution is -2.12. The number of carbonyl (C=O) groups is 2. The first-order chi connectivity index (χ1) is 12.0. The smallest absolute Gasteiger partial charge is 0.347 e. The molecule has 0 spiro atoms. The number of hydrogen-bond donors (Lipinski definition) is 1. The van der Waals surface area contributed by atoms with Gasteiger partial charge >= 0.3 is 11.9 Å². The van der Waals surface area contributed by atoms with Crippen molar-refractivity contribution in [3.8, 4) is 11.5 Å². The summed E-state index contributed by atoms with van der Waals surface area (Å²) < 4.78 is 11.5. The van der Waals surface area contributed by atoms with Crippen molar-refractivity contribution in [3.63, 3.8) is 0 Å². The van der Waals surface area contributed by atoms with Gasteiger partial charge in [-0.1, -0.05) is 31.9 Å². The molecule has 0 radical (unpaired) electrons. The van der Waals surface area contributed by atoms with Crippen molar-refractivity contribution < 1.29 is 24.2 Å². The maximum absolute atomic E-state index is 12.5. The second kappa shape index (κ2) is 9.22. The molecule has 0 aliphatic carbocycles. The average Bonchev–Trinajstić information content (AvgIpc) is 2.60. The van der Waals surface area contributed by atoms with Crippen LogP contribution in [0.25, 0.3) is 0 Å². The molecule has 0 amide bonds. The highest BCUT2D eigenvalue weighted by Crippen LogP contribution is 2.28. The predicted octanol–water partition coefficient (Wildman–Crippen LogP) is 4.94. The molecule has 0 aromatic heterocycles. The van der Waals surface area contributed by atoms with Crippen molar-refractivity contribution in [2.45, 2.75) is 26.2 Å². The number of benzene rings is 2. The van der Waals surface area contributed by atoms with E-state index in [1.54, 1.807) is 24.3 Å². The van der Waals surface area contributed by atoms with Crippen LogP contribution in [-0.4, -0.2) is 23.7 Å². The number of carboxylic acids is 1. The summed E-state index contributed by atoms with van der Waals surface area (Å²) in [5, 5.41) is 8.97. The third-order valence-electron chi connectivity index (χ3n) is 3.49. The fourth-order valence-electron chi connectivity index (χ4n) is 2.17. The monoisotopic (exact) mass is 406 g/mol. The minimum absolute atomic E-state index is 0.103. The maximum atomic E-state index is 12.5. The number of rotatable bonds is 8. The first kappa shape index (κ1) is 19.0. The highest BCUT2D eigenvalue weighted by molar-refractivity contribution is 9.10. The van der Waals surface area contributed by atoms with Crippen molar-refractivity contribution in [2.75, 3.05) is 6.61 Å². The Hall–Kier alpha value is -2.34. The van der Waals surface area contributed by atoms with Gasteiger partial charge in [-0.3, -0.25) is 0 Å². The molecule has 2 aromatic rings. The SMILES string of the molecule is CCCCCOc1ccccc1C(=O)Oc1ccc(C(=O)O)cc1Br. The number of carbonyl (C=O) groups excluding carboxylic acids is 1. The van der Waals surface area contributed by atoms with E-state index in [-0.39, 0.29) is 11.3 Å². The third-order valence-corrected chi connectivity index (χ3v) is 4.11. The molecule has 0 unspecified atom stereocenters. The molecule has 0 saturated heterocycles. The Morgan fingerprint density at radius 3 is 2.52 bits per heavy atom. The third kappa shape index (κ3) is 5.32. The van der Waals surface area contributed by atoms with Gasteiger partial charge in [0.2, 0.25) is 0 Å². The first-order valence-corrected chi connectivity index (χ1v) is 8.79. The highest BCUT2D eigenvalue weighted by Gasteiger charge is 2.17. The second-order valence-corrected chi connectivity index (χ2v) is 6.25. The zero-order valence-corrected chi connectivity index (χ0v) is 15.4. The van der Waals surface area contributed by atoms with Gasteiger partial charge in [-0.25, -0.2) is 9.59 Å². The van der Waals surface area contributed by atoms with Gasteiger partial charge in [0.1, 0.15) is 17.1 Å². The van der Waals surface area contributed by atoms with Crippen LogP contribution in [0.2, 0.25) is 0 Å². The molecule has 6 heteroatoms. The zero-order chi connectivity index (χ0) is 18.2. The molecular weight excluding hydrogens is 388 g/mol. The Kier molecular flexibility index (Phi) is 7.01. The molecule has 0 aliphatic rings. The fourth-order valence-corrected chi connectivity index (χ4v) is 2.63. The van der Waals surface area contributed by atoms with Gasteiger partial charge in [0.25, 0.3) is 0 Å². The Morgan fingerprint density at radius 1 is 1.08 bits per heavy atom. The molecule has 5 nitrogen and oxygen atoms in total. The van der Waals surface area contributed by atoms with Crippen molar-refractivity contribution in [2.24, 2.45) is 0 Å². The lowest BCUT2D eigenvalue weighted by Gasteiger charge is -2.12. The van der Waals surface area contributed by atoms with E-state index in [0.717, 1.165) is 19.3 Å². The van der Waals surface area contributed by atoms with Crippen LogP contribution in [0, 0.1) is 0 Å². The quantitative estimate of drug-likeness (QED) is 0.382. The number of ether oxygens (including phenoxy) is 2. The predicted molar refractivity (Wildman–Crippen MR) is 97.5 cm³/mol. The molecule has 2 rings (SSSR count). The number of unbranched alkanes of at least 4 members (excludes halogenated alkanes) is 2. The summed E-state index contributed by atoms with van der Waals surface area (Å²) in [7, 11) is 0. The molecule has 132 valence electrons. The van der Waals surface area contributed by atoms with E-state index in [0.29, 0.717) is 22.4 Å². The van der Waals surface area contributed by atoms with E-state index in [2.05, 4.69) is 22.9 Å². The van der Waals surface area contributed by atoms with E-state index < -0.39 is 11.9 Å². The van der Waals surface area contributed by atoms with Crippen LogP contribution in [0.15, 0.2) is 46.9 Å². The number of hydrogen-bond acceptors (Lipinski definition) is 4. The minimum Gasteiger partial charge on any atom is -0.493 e. The molecule has 0 bridgehead atoms. The number of aromatic carboxylic acids is 1. The lowest BCUT2D eigenvalue weighted by molar-refractivity contribution is 0.0696. The number of para-hydroxylation sites is 1. The Balaban J connectivity index is 2.12. The van der Waals surface area contributed by atoms with Crippen molar-refractivity contribution in [1.82, 2.24) is 0 Å². The first-order valence-electron chi connectivity index (χ1n) is 7.99. The average molecular weight is 407 g/mol. The van der Waals surface area contributed by atoms with Gasteiger partial charge in [0.15, 0.2) is 0 Å². The van der Waals surface area contributed by atoms with Crippen LogP contribution >= 0.6 is 15.9 Å². The summed E-state index contributed by atoms with van der Waals surface area (Å²) in [5.74, 6) is -0.892. The fraction of sp³-hybridized carbons (Fsp3) is 0.263. The van der Waals surface area contributed by atoms with E-state index >= 15 is 0 Å². The summed E-state index contributed by atoms with van der Waals surface area (Å²) in [4.78, 5) is 23.4. The molecule has 2 aromatic carbocycles.